The fraction of sp³-hybridized carbons (Fsp3) is 0.312. The van der Waals surface area contributed by atoms with E-state index in [9.17, 15) is 19.2 Å². The number of cyclic esters (lactones) is 2. The number of esters is 2. The van der Waals surface area contributed by atoms with Crippen molar-refractivity contribution in [1.82, 2.24) is 5.32 Å². The van der Waals surface area contributed by atoms with Crippen LogP contribution in [-0.2, 0) is 58.0 Å². The van der Waals surface area contributed by atoms with Gasteiger partial charge in [-0.05, 0) is 46.2 Å². The molecule has 1 unspecified atom stereocenters. The molecule has 1 aliphatic carbocycles. The molecule has 1 heterocycles. The zero-order valence-corrected chi connectivity index (χ0v) is 23.3. The van der Waals surface area contributed by atoms with Crippen molar-refractivity contribution in [2.45, 2.75) is 58.2 Å². The summed E-state index contributed by atoms with van der Waals surface area (Å²) >= 11 is 0. The van der Waals surface area contributed by atoms with E-state index in [0.717, 1.165) is 34.2 Å². The molecular weight excluding hydrogens is 542 g/mol. The molecule has 1 amide bonds. The first-order valence-corrected chi connectivity index (χ1v) is 13.6. The summed E-state index contributed by atoms with van der Waals surface area (Å²) in [7, 11) is 0. The topological polar surface area (TPSA) is 126 Å². The first kappa shape index (κ1) is 28.8. The Hall–Kier alpha value is -4.70. The van der Waals surface area contributed by atoms with Crippen molar-refractivity contribution in [1.29, 1.82) is 0 Å². The van der Waals surface area contributed by atoms with Crippen LogP contribution in [0.5, 0.6) is 0 Å². The molecule has 3 aromatic carbocycles. The highest BCUT2D eigenvalue weighted by atomic mass is 17.2. The summed E-state index contributed by atoms with van der Waals surface area (Å²) in [6, 6.07) is 22.0. The first-order valence-electron chi connectivity index (χ1n) is 13.6. The van der Waals surface area contributed by atoms with Gasteiger partial charge < -0.3 is 19.5 Å². The lowest BCUT2D eigenvalue weighted by Crippen LogP contribution is -2.49. The fourth-order valence-corrected chi connectivity index (χ4v) is 5.10. The van der Waals surface area contributed by atoms with E-state index in [4.69, 9.17) is 24.0 Å². The predicted octanol–water partition coefficient (Wildman–Crippen LogP) is 4.76. The van der Waals surface area contributed by atoms with E-state index in [-0.39, 0.29) is 19.6 Å². The quantitative estimate of drug-likeness (QED) is 0.124. The Kier molecular flexibility index (Phi) is 8.53. The maximum Gasteiger partial charge on any atom is 0.407 e. The van der Waals surface area contributed by atoms with E-state index in [1.165, 1.54) is 19.4 Å². The molecule has 10 heteroatoms. The lowest BCUT2D eigenvalue weighted by molar-refractivity contribution is -0.280. The second-order valence-corrected chi connectivity index (χ2v) is 10.6. The van der Waals surface area contributed by atoms with E-state index in [0.29, 0.717) is 0 Å². The zero-order valence-electron chi connectivity index (χ0n) is 23.3. The largest absolute Gasteiger partial charge is 0.445 e. The molecule has 0 saturated carbocycles. The second kappa shape index (κ2) is 12.4. The third-order valence-electron chi connectivity index (χ3n) is 7.04. The van der Waals surface area contributed by atoms with Gasteiger partial charge in [0.15, 0.2) is 5.92 Å². The van der Waals surface area contributed by atoms with Gasteiger partial charge in [-0.15, -0.1) is 0 Å². The number of hydrogen-bond acceptors (Lipinski definition) is 9. The van der Waals surface area contributed by atoms with Crippen LogP contribution in [0, 0.1) is 5.92 Å². The summed E-state index contributed by atoms with van der Waals surface area (Å²) in [5.41, 5.74) is 6.17. The van der Waals surface area contributed by atoms with Gasteiger partial charge in [-0.25, -0.2) is 9.59 Å². The number of carbonyl (C=O) groups is 4. The molecule has 0 bridgehead atoms. The third kappa shape index (κ3) is 6.95. The molecule has 1 N–H and O–H groups in total. The minimum absolute atomic E-state index is 0.0119. The van der Waals surface area contributed by atoms with E-state index < -0.39 is 48.2 Å². The molecule has 3 aromatic rings. The molecule has 1 atom stereocenters. The summed E-state index contributed by atoms with van der Waals surface area (Å²) in [6.45, 7) is 2.88. The molecule has 5 rings (SSSR count). The van der Waals surface area contributed by atoms with Gasteiger partial charge in [0.1, 0.15) is 13.2 Å². The number of amides is 1. The third-order valence-corrected chi connectivity index (χ3v) is 7.04. The van der Waals surface area contributed by atoms with Gasteiger partial charge in [-0.3, -0.25) is 14.5 Å². The molecule has 42 heavy (non-hydrogen) atoms. The van der Waals surface area contributed by atoms with E-state index >= 15 is 0 Å². The SMILES string of the molecule is CC1(C)OC(=O)C(CC(CC(=O)OOCc2ccccc2)NC(=O)OCc2cccc3c2Cc2ccccc2-3)C(=O)O1. The van der Waals surface area contributed by atoms with Crippen molar-refractivity contribution in [2.24, 2.45) is 5.92 Å². The number of alkyl carbamates (subject to hydrolysis) is 1. The van der Waals surface area contributed by atoms with Crippen LogP contribution in [0.1, 0.15) is 48.9 Å². The van der Waals surface area contributed by atoms with Crippen LogP contribution < -0.4 is 5.32 Å². The number of nitrogens with one attached hydrogen (secondary N) is 1. The summed E-state index contributed by atoms with van der Waals surface area (Å²) in [5.74, 6) is -5.20. The molecule has 1 fully saturated rings. The summed E-state index contributed by atoms with van der Waals surface area (Å²) in [4.78, 5) is 60.5. The summed E-state index contributed by atoms with van der Waals surface area (Å²) in [5, 5.41) is 2.59. The lowest BCUT2D eigenvalue weighted by atomic mass is 9.97. The highest BCUT2D eigenvalue weighted by molar-refractivity contribution is 5.96. The number of rotatable bonds is 10. The van der Waals surface area contributed by atoms with Gasteiger partial charge in [0.2, 0.25) is 0 Å². The number of hydrogen-bond donors (Lipinski definition) is 1. The van der Waals surface area contributed by atoms with Crippen LogP contribution in [0.2, 0.25) is 0 Å². The minimum Gasteiger partial charge on any atom is -0.445 e. The summed E-state index contributed by atoms with van der Waals surface area (Å²) in [6.07, 6.45) is -0.775. The Bertz CT molecular complexity index is 1460. The maximum atomic E-state index is 12.9. The standard InChI is InChI=1S/C32H31NO9/c1-32(2)40-29(35)27(30(36)41-32)16-23(17-28(34)42-39-18-20-9-4-3-5-10-20)33-31(37)38-19-22-12-8-14-25-24-13-7-6-11-21(24)15-26(22)25/h3-14,23,27H,15-19H2,1-2H3,(H,33,37). The Morgan fingerprint density at radius 3 is 2.36 bits per heavy atom. The average molecular weight is 574 g/mol. The average Bonchev–Trinajstić information content (AvgIpc) is 3.33. The monoisotopic (exact) mass is 573 g/mol. The van der Waals surface area contributed by atoms with Crippen LogP contribution in [0.4, 0.5) is 4.79 Å². The summed E-state index contributed by atoms with van der Waals surface area (Å²) < 4.78 is 15.9. The molecule has 10 nitrogen and oxygen atoms in total. The molecule has 1 aliphatic heterocycles. The van der Waals surface area contributed by atoms with Crippen molar-refractivity contribution < 1.29 is 43.2 Å². The molecule has 0 spiro atoms. The van der Waals surface area contributed by atoms with E-state index in [1.807, 2.05) is 48.5 Å². The molecule has 1 saturated heterocycles. The molecule has 0 aromatic heterocycles. The lowest BCUT2D eigenvalue weighted by Gasteiger charge is -2.33. The van der Waals surface area contributed by atoms with Crippen LogP contribution in [-0.4, -0.2) is 35.8 Å². The predicted molar refractivity (Wildman–Crippen MR) is 148 cm³/mol. The van der Waals surface area contributed by atoms with Gasteiger partial charge in [-0.2, -0.15) is 4.89 Å². The second-order valence-electron chi connectivity index (χ2n) is 10.6. The minimum atomic E-state index is -1.41. The maximum absolute atomic E-state index is 12.9. The Balaban J connectivity index is 1.22. The first-order chi connectivity index (χ1) is 20.2. The Morgan fingerprint density at radius 2 is 1.60 bits per heavy atom. The molecule has 0 radical (unpaired) electrons. The van der Waals surface area contributed by atoms with Crippen LogP contribution in [0.3, 0.4) is 0 Å². The number of benzene rings is 3. The molecule has 2 aliphatic rings. The smallest absolute Gasteiger partial charge is 0.407 e. The van der Waals surface area contributed by atoms with Crippen molar-refractivity contribution in [3.05, 3.63) is 95.1 Å². The number of fused-ring (bicyclic) bond motifs is 3. The van der Waals surface area contributed by atoms with Gasteiger partial charge in [0.25, 0.3) is 5.79 Å². The fourth-order valence-electron chi connectivity index (χ4n) is 5.10. The van der Waals surface area contributed by atoms with Crippen LogP contribution >= 0.6 is 0 Å². The van der Waals surface area contributed by atoms with Crippen molar-refractivity contribution in [3.8, 4) is 11.1 Å². The Morgan fingerprint density at radius 1 is 0.905 bits per heavy atom. The normalized spacial score (nSPS) is 16.0. The van der Waals surface area contributed by atoms with Crippen molar-refractivity contribution in [2.75, 3.05) is 0 Å². The van der Waals surface area contributed by atoms with Crippen molar-refractivity contribution in [3.63, 3.8) is 0 Å². The molecular formula is C32H31NO9. The van der Waals surface area contributed by atoms with Crippen LogP contribution in [0.15, 0.2) is 72.8 Å². The van der Waals surface area contributed by atoms with Crippen LogP contribution in [0.25, 0.3) is 11.1 Å². The van der Waals surface area contributed by atoms with E-state index in [2.05, 4.69) is 17.4 Å². The zero-order chi connectivity index (χ0) is 29.7. The van der Waals surface area contributed by atoms with Gasteiger partial charge >= 0.3 is 24.0 Å². The highest BCUT2D eigenvalue weighted by Crippen LogP contribution is 2.38. The highest BCUT2D eigenvalue weighted by Gasteiger charge is 2.44. The number of carbonyl (C=O) groups excluding carboxylic acids is 4. The molecule has 218 valence electrons. The number of ether oxygens (including phenoxy) is 3. The van der Waals surface area contributed by atoms with Crippen molar-refractivity contribution >= 4 is 24.0 Å². The van der Waals surface area contributed by atoms with Gasteiger partial charge in [0, 0.05) is 19.9 Å². The van der Waals surface area contributed by atoms with Gasteiger partial charge in [0.05, 0.1) is 6.42 Å². The Labute approximate surface area is 242 Å². The van der Waals surface area contributed by atoms with E-state index in [1.54, 1.807) is 12.1 Å². The van der Waals surface area contributed by atoms with Gasteiger partial charge in [-0.1, -0.05) is 72.8 Å².